The van der Waals surface area contributed by atoms with Crippen LogP contribution in [0, 0.1) is 7.14 Å². The average Bonchev–Trinajstić information content (AvgIpc) is 2.31. The molecule has 0 fully saturated rings. The van der Waals surface area contributed by atoms with Crippen molar-refractivity contribution in [2.24, 2.45) is 0 Å². The molecule has 0 amide bonds. The van der Waals surface area contributed by atoms with Crippen molar-refractivity contribution in [3.8, 4) is 5.75 Å². The van der Waals surface area contributed by atoms with Gasteiger partial charge in [-0.25, -0.2) is 0 Å². The molecule has 0 aliphatic heterocycles. The van der Waals surface area contributed by atoms with Crippen molar-refractivity contribution in [3.05, 3.63) is 61.2 Å². The lowest BCUT2D eigenvalue weighted by atomic mass is 9.87. The van der Waals surface area contributed by atoms with Crippen LogP contribution in [0.5, 0.6) is 5.75 Å². The molecule has 2 aromatic carbocycles. The van der Waals surface area contributed by atoms with Crippen LogP contribution in [-0.2, 0) is 5.41 Å². The fraction of sp³-hybridized carbons (Fsp3) is 0.250. The summed E-state index contributed by atoms with van der Waals surface area (Å²) in [6.45, 7) is 6.58. The van der Waals surface area contributed by atoms with E-state index in [9.17, 15) is 5.11 Å². The molecule has 2 N–H and O–H groups in total. The van der Waals surface area contributed by atoms with Gasteiger partial charge in [0.25, 0.3) is 0 Å². The topological polar surface area (TPSA) is 50.2 Å². The summed E-state index contributed by atoms with van der Waals surface area (Å²) in [5, 5.41) is 9.68. The zero-order chi connectivity index (χ0) is 13.2. The molecule has 0 saturated carbocycles. The maximum absolute atomic E-state index is 9.68. The highest BCUT2D eigenvalue weighted by atomic mass is 127. The highest BCUT2D eigenvalue weighted by Gasteiger charge is 2.27. The summed E-state index contributed by atoms with van der Waals surface area (Å²) < 4.78 is 2.80. The predicted molar refractivity (Wildman–Crippen MR) is 72.6 cm³/mol. The normalized spacial score (nSPS) is 10.9. The van der Waals surface area contributed by atoms with E-state index in [1.165, 1.54) is 12.7 Å². The lowest BCUT2D eigenvalue weighted by Crippen LogP contribution is -3.61. The number of aromatic hydroxyl groups is 1. The number of halogens is 1. The summed E-state index contributed by atoms with van der Waals surface area (Å²) in [6, 6.07) is 16.4. The van der Waals surface area contributed by atoms with E-state index >= 15 is 0 Å². The van der Waals surface area contributed by atoms with Gasteiger partial charge >= 0.3 is 21.2 Å². The predicted octanol–water partition coefficient (Wildman–Crippen LogP) is 0.641. The second-order valence-corrected chi connectivity index (χ2v) is 8.25. The molecule has 2 aromatic rings. The van der Waals surface area contributed by atoms with Crippen LogP contribution in [0.2, 0.25) is 0 Å². The van der Waals surface area contributed by atoms with Crippen molar-refractivity contribution in [1.82, 2.24) is 0 Å². The smallest absolute Gasteiger partial charge is 0.358 e. The second-order valence-electron chi connectivity index (χ2n) is 5.30. The van der Waals surface area contributed by atoms with Gasteiger partial charge in [-0.2, -0.15) is 0 Å². The van der Waals surface area contributed by atoms with E-state index in [0.717, 1.165) is 0 Å². The minimum absolute atomic E-state index is 0. The van der Waals surface area contributed by atoms with E-state index < -0.39 is 0 Å². The summed E-state index contributed by atoms with van der Waals surface area (Å²) >= 11 is -0.183. The Kier molecular flexibility index (Phi) is 5.38. The van der Waals surface area contributed by atoms with Gasteiger partial charge in [0, 0.05) is 5.56 Å². The molecule has 0 aromatic heterocycles. The first-order valence-corrected chi connectivity index (χ1v) is 8.16. The van der Waals surface area contributed by atoms with E-state index in [1.807, 2.05) is 6.07 Å². The van der Waals surface area contributed by atoms with Crippen LogP contribution in [0.4, 0.5) is 0 Å². The summed E-state index contributed by atoms with van der Waals surface area (Å²) in [4.78, 5) is 0. The molecule has 0 radical (unpaired) electrons. The highest BCUT2D eigenvalue weighted by molar-refractivity contribution is 5.31. The number of hydrogen-bond acceptors (Lipinski definition) is 2. The summed E-state index contributed by atoms with van der Waals surface area (Å²) in [5.41, 5.74) is 1.34. The molecule has 0 unspecified atom stereocenters. The van der Waals surface area contributed by atoms with Crippen molar-refractivity contribution in [1.29, 1.82) is 0 Å². The number of benzene rings is 2. The van der Waals surface area contributed by atoms with Crippen molar-refractivity contribution in [2.45, 2.75) is 26.2 Å². The van der Waals surface area contributed by atoms with E-state index in [1.54, 1.807) is 6.07 Å². The number of phenolic OH excluding ortho intramolecular Hbond substituents is 1. The molecule has 0 aliphatic carbocycles. The molecule has 0 spiro atoms. The fourth-order valence-corrected chi connectivity index (χ4v) is 4.83. The zero-order valence-electron chi connectivity index (χ0n) is 11.4. The first-order valence-electron chi connectivity index (χ1n) is 6.00. The van der Waals surface area contributed by atoms with Crippen LogP contribution in [0.25, 0.3) is 0 Å². The molecule has 2 rings (SSSR count). The van der Waals surface area contributed by atoms with Gasteiger partial charge in [-0.05, 0) is 35.7 Å². The van der Waals surface area contributed by atoms with Crippen LogP contribution in [-0.4, -0.2) is 10.6 Å². The fourth-order valence-electron chi connectivity index (χ4n) is 1.77. The molecule has 102 valence electrons. The lowest BCUT2D eigenvalue weighted by Gasteiger charge is -2.18. The standard InChI is InChI=1S/C16H17IO.H2O/c1-16(2,3)14-11-13(18)9-10-15(14)17-12-7-5-4-6-8-12;/h4-11H,1-3H3;1H2. The molecule has 0 aliphatic rings. The maximum Gasteiger partial charge on any atom is 0.358 e. The first kappa shape index (κ1) is 16.0. The second kappa shape index (κ2) is 6.39. The van der Waals surface area contributed by atoms with Gasteiger partial charge in [-0.3, -0.25) is 0 Å². The summed E-state index contributed by atoms with van der Waals surface area (Å²) in [7, 11) is 0. The third-order valence-corrected chi connectivity index (χ3v) is 5.57. The van der Waals surface area contributed by atoms with Gasteiger partial charge in [0.2, 0.25) is 0 Å². The van der Waals surface area contributed by atoms with E-state index in [2.05, 4.69) is 57.2 Å². The molecule has 0 atom stereocenters. The van der Waals surface area contributed by atoms with E-state index in [-0.39, 0.29) is 32.1 Å². The van der Waals surface area contributed by atoms with E-state index in [4.69, 9.17) is 0 Å². The molecule has 3 heteroatoms. The molecular formula is C16H19IO2. The van der Waals surface area contributed by atoms with Crippen molar-refractivity contribution in [3.63, 3.8) is 0 Å². The Bertz CT molecular complexity index is 530. The highest BCUT2D eigenvalue weighted by Crippen LogP contribution is 2.25. The largest absolute Gasteiger partial charge is 0.870 e. The summed E-state index contributed by atoms with van der Waals surface area (Å²) in [6.07, 6.45) is 0. The SMILES string of the molecule is CC(C)(C)c1cc(O)ccc1[I+]c1ccccc1.[OH-]. The van der Waals surface area contributed by atoms with Crippen molar-refractivity contribution < 1.29 is 31.8 Å². The third kappa shape index (κ3) is 4.21. The van der Waals surface area contributed by atoms with Gasteiger partial charge in [-0.15, -0.1) is 0 Å². The molecule has 0 saturated heterocycles. The number of hydrogen-bond donors (Lipinski definition) is 1. The number of phenols is 1. The van der Waals surface area contributed by atoms with Gasteiger partial charge in [0.15, 0.2) is 7.14 Å². The summed E-state index contributed by atoms with van der Waals surface area (Å²) in [5.74, 6) is 0.362. The van der Waals surface area contributed by atoms with Crippen LogP contribution < -0.4 is 21.2 Å². The van der Waals surface area contributed by atoms with E-state index in [0.29, 0.717) is 5.75 Å². The Labute approximate surface area is 125 Å². The quantitative estimate of drug-likeness (QED) is 0.789. The van der Waals surface area contributed by atoms with Gasteiger partial charge in [0.1, 0.15) is 5.75 Å². The Morgan fingerprint density at radius 2 is 1.58 bits per heavy atom. The van der Waals surface area contributed by atoms with Gasteiger partial charge in [0.05, 0.1) is 0 Å². The van der Waals surface area contributed by atoms with Gasteiger partial charge < -0.3 is 10.6 Å². The van der Waals surface area contributed by atoms with Crippen molar-refractivity contribution in [2.75, 3.05) is 0 Å². The Morgan fingerprint density at radius 3 is 2.16 bits per heavy atom. The molecule has 0 heterocycles. The first-order chi connectivity index (χ1) is 8.47. The Balaban J connectivity index is 0.00000180. The molecular weight excluding hydrogens is 351 g/mol. The number of rotatable bonds is 2. The monoisotopic (exact) mass is 370 g/mol. The maximum atomic E-state index is 9.68. The minimum atomic E-state index is -0.183. The average molecular weight is 370 g/mol. The van der Waals surface area contributed by atoms with Crippen molar-refractivity contribution >= 4 is 0 Å². The molecule has 19 heavy (non-hydrogen) atoms. The van der Waals surface area contributed by atoms with Crippen LogP contribution in [0.15, 0.2) is 48.5 Å². The molecule has 2 nitrogen and oxygen atoms in total. The zero-order valence-corrected chi connectivity index (χ0v) is 13.5. The van der Waals surface area contributed by atoms with Crippen LogP contribution in [0.3, 0.4) is 0 Å². The lowest BCUT2D eigenvalue weighted by molar-refractivity contribution is -0.598. The molecule has 0 bridgehead atoms. The van der Waals surface area contributed by atoms with Crippen LogP contribution in [0.1, 0.15) is 26.3 Å². The van der Waals surface area contributed by atoms with Crippen LogP contribution >= 0.6 is 0 Å². The Morgan fingerprint density at radius 1 is 0.947 bits per heavy atom. The Hall–Kier alpha value is -1.07. The van der Waals surface area contributed by atoms with Gasteiger partial charge in [-0.1, -0.05) is 39.0 Å². The minimum Gasteiger partial charge on any atom is -0.870 e. The third-order valence-electron chi connectivity index (χ3n) is 2.70.